The summed E-state index contributed by atoms with van der Waals surface area (Å²) in [4.78, 5) is 10.4. The molecule has 1 heterocycles. The van der Waals surface area contributed by atoms with Crippen LogP contribution in [0.15, 0.2) is 0 Å². The minimum Gasteiger partial charge on any atom is -0.394 e. The van der Waals surface area contributed by atoms with Gasteiger partial charge in [0.1, 0.15) is 31.0 Å². The molecule has 1 aliphatic rings. The van der Waals surface area contributed by atoms with Crippen molar-refractivity contribution in [3.63, 3.8) is 0 Å². The van der Waals surface area contributed by atoms with E-state index in [2.05, 4.69) is 0 Å². The van der Waals surface area contributed by atoms with Gasteiger partial charge in [-0.3, -0.25) is 4.79 Å². The minimum atomic E-state index is -1.52. The van der Waals surface area contributed by atoms with E-state index in [-0.39, 0.29) is 0 Å². The van der Waals surface area contributed by atoms with E-state index in [9.17, 15) is 20.1 Å². The number of hydrogen-bond donors (Lipinski definition) is 5. The van der Waals surface area contributed by atoms with Crippen molar-refractivity contribution in [1.82, 2.24) is 0 Å². The molecular formula is C8H15NO7. The summed E-state index contributed by atoms with van der Waals surface area (Å²) in [5, 5.41) is 37.0. The molecule has 1 aliphatic heterocycles. The van der Waals surface area contributed by atoms with Gasteiger partial charge in [-0.1, -0.05) is 0 Å². The average Bonchev–Trinajstić information content (AvgIpc) is 2.25. The van der Waals surface area contributed by atoms with Crippen LogP contribution in [0.4, 0.5) is 0 Å². The van der Waals surface area contributed by atoms with Crippen LogP contribution in [0.2, 0.25) is 0 Å². The molecule has 0 aromatic carbocycles. The molecule has 1 saturated heterocycles. The van der Waals surface area contributed by atoms with E-state index in [1.54, 1.807) is 0 Å². The molecule has 5 atom stereocenters. The predicted molar refractivity (Wildman–Crippen MR) is 48.9 cm³/mol. The van der Waals surface area contributed by atoms with Crippen LogP contribution in [0.5, 0.6) is 0 Å². The Morgan fingerprint density at radius 3 is 2.38 bits per heavy atom. The Morgan fingerprint density at radius 2 is 1.88 bits per heavy atom. The number of ether oxygens (including phenoxy) is 2. The van der Waals surface area contributed by atoms with Crippen LogP contribution in [-0.2, 0) is 14.3 Å². The fourth-order valence-corrected chi connectivity index (χ4v) is 1.37. The Labute approximate surface area is 91.2 Å². The Morgan fingerprint density at radius 1 is 1.25 bits per heavy atom. The second-order valence-corrected chi connectivity index (χ2v) is 3.47. The standard InChI is InChI=1S/C8H15NO7/c9-4(11)2-15-8-7(14)6(13)5(12)3(1-10)16-8/h3,5-8,10,12-14H,1-2H2,(H2,9,11)/t3?,5-,6?,7?,8-/m1/s1. The lowest BCUT2D eigenvalue weighted by atomic mass is 9.99. The molecule has 16 heavy (non-hydrogen) atoms. The summed E-state index contributed by atoms with van der Waals surface area (Å²) in [6.45, 7) is -1.05. The Kier molecular flexibility index (Phi) is 4.59. The van der Waals surface area contributed by atoms with E-state index in [0.717, 1.165) is 0 Å². The second-order valence-electron chi connectivity index (χ2n) is 3.47. The van der Waals surface area contributed by atoms with Crippen LogP contribution in [-0.4, -0.2) is 70.3 Å². The highest BCUT2D eigenvalue weighted by atomic mass is 16.7. The number of amides is 1. The zero-order chi connectivity index (χ0) is 12.3. The van der Waals surface area contributed by atoms with E-state index >= 15 is 0 Å². The molecule has 0 aromatic heterocycles. The lowest BCUT2D eigenvalue weighted by Gasteiger charge is -2.39. The molecule has 1 amide bonds. The highest BCUT2D eigenvalue weighted by molar-refractivity contribution is 5.74. The third-order valence-electron chi connectivity index (χ3n) is 2.24. The van der Waals surface area contributed by atoms with Crippen LogP contribution in [0.1, 0.15) is 0 Å². The van der Waals surface area contributed by atoms with Crippen molar-refractivity contribution in [3.8, 4) is 0 Å². The van der Waals surface area contributed by atoms with Crippen molar-refractivity contribution < 1.29 is 34.7 Å². The summed E-state index contributed by atoms with van der Waals surface area (Å²) in [7, 11) is 0. The Bertz CT molecular complexity index is 247. The summed E-state index contributed by atoms with van der Waals surface area (Å²) in [6, 6.07) is 0. The Hall–Kier alpha value is -0.770. The smallest absolute Gasteiger partial charge is 0.243 e. The number of rotatable bonds is 4. The topological polar surface area (TPSA) is 142 Å². The third kappa shape index (κ3) is 2.88. The van der Waals surface area contributed by atoms with Gasteiger partial charge in [0.15, 0.2) is 6.29 Å². The van der Waals surface area contributed by atoms with Crippen molar-refractivity contribution in [2.45, 2.75) is 30.7 Å². The van der Waals surface area contributed by atoms with Gasteiger partial charge in [0.05, 0.1) is 6.61 Å². The number of nitrogens with two attached hydrogens (primary N) is 1. The molecule has 3 unspecified atom stereocenters. The molecule has 0 radical (unpaired) electrons. The maximum atomic E-state index is 10.4. The van der Waals surface area contributed by atoms with Gasteiger partial charge in [0.2, 0.25) is 5.91 Å². The largest absolute Gasteiger partial charge is 0.394 e. The molecular weight excluding hydrogens is 222 g/mol. The molecule has 0 spiro atoms. The number of carbonyl (C=O) groups excluding carboxylic acids is 1. The number of aliphatic hydroxyl groups excluding tert-OH is 4. The lowest BCUT2D eigenvalue weighted by molar-refractivity contribution is -0.299. The maximum Gasteiger partial charge on any atom is 0.243 e. The van der Waals surface area contributed by atoms with Crippen LogP contribution >= 0.6 is 0 Å². The van der Waals surface area contributed by atoms with Crippen molar-refractivity contribution in [1.29, 1.82) is 0 Å². The van der Waals surface area contributed by atoms with Crippen LogP contribution < -0.4 is 5.73 Å². The number of primary amides is 1. The van der Waals surface area contributed by atoms with Crippen molar-refractivity contribution in [2.24, 2.45) is 5.73 Å². The molecule has 0 aromatic rings. The molecule has 8 heteroatoms. The lowest BCUT2D eigenvalue weighted by Crippen LogP contribution is -2.59. The number of aliphatic hydroxyl groups is 4. The van der Waals surface area contributed by atoms with Crippen LogP contribution in [0, 0.1) is 0 Å². The fourth-order valence-electron chi connectivity index (χ4n) is 1.37. The van der Waals surface area contributed by atoms with Gasteiger partial charge < -0.3 is 35.6 Å². The first-order chi connectivity index (χ1) is 7.47. The minimum absolute atomic E-state index is 0.497. The summed E-state index contributed by atoms with van der Waals surface area (Å²) in [6.07, 6.45) is -6.87. The summed E-state index contributed by atoms with van der Waals surface area (Å²) in [5.41, 5.74) is 4.82. The molecule has 1 rings (SSSR count). The second kappa shape index (κ2) is 5.53. The molecule has 94 valence electrons. The molecule has 0 saturated carbocycles. The molecule has 8 nitrogen and oxygen atoms in total. The van der Waals surface area contributed by atoms with Crippen LogP contribution in [0.25, 0.3) is 0 Å². The first kappa shape index (κ1) is 13.3. The van der Waals surface area contributed by atoms with Gasteiger partial charge in [-0.05, 0) is 0 Å². The number of hydrogen-bond acceptors (Lipinski definition) is 7. The zero-order valence-electron chi connectivity index (χ0n) is 8.39. The van der Waals surface area contributed by atoms with Crippen molar-refractivity contribution >= 4 is 5.91 Å². The quantitative estimate of drug-likeness (QED) is 0.338. The monoisotopic (exact) mass is 237 g/mol. The molecule has 6 N–H and O–H groups in total. The third-order valence-corrected chi connectivity index (χ3v) is 2.24. The maximum absolute atomic E-state index is 10.4. The summed E-state index contributed by atoms with van der Waals surface area (Å²) >= 11 is 0. The summed E-state index contributed by atoms with van der Waals surface area (Å²) in [5.74, 6) is -0.767. The van der Waals surface area contributed by atoms with Crippen LogP contribution in [0.3, 0.4) is 0 Å². The fraction of sp³-hybridized carbons (Fsp3) is 0.875. The van der Waals surface area contributed by atoms with E-state index in [4.69, 9.17) is 20.3 Å². The van der Waals surface area contributed by atoms with E-state index in [1.807, 2.05) is 0 Å². The molecule has 0 bridgehead atoms. The Balaban J connectivity index is 2.60. The van der Waals surface area contributed by atoms with Gasteiger partial charge in [-0.2, -0.15) is 0 Å². The summed E-state index contributed by atoms with van der Waals surface area (Å²) < 4.78 is 9.72. The SMILES string of the molecule is NC(=O)CO[C@@H]1OC(CO)[C@@H](O)C(O)C1O. The number of carbonyl (C=O) groups is 1. The first-order valence-electron chi connectivity index (χ1n) is 4.67. The highest BCUT2D eigenvalue weighted by Crippen LogP contribution is 2.21. The van der Waals surface area contributed by atoms with Gasteiger partial charge in [0.25, 0.3) is 0 Å². The van der Waals surface area contributed by atoms with Gasteiger partial charge in [-0.25, -0.2) is 0 Å². The normalized spacial score (nSPS) is 39.6. The van der Waals surface area contributed by atoms with E-state index in [1.165, 1.54) is 0 Å². The van der Waals surface area contributed by atoms with E-state index < -0.39 is 49.8 Å². The average molecular weight is 237 g/mol. The zero-order valence-corrected chi connectivity index (χ0v) is 8.39. The molecule has 0 aliphatic carbocycles. The molecule has 1 fully saturated rings. The van der Waals surface area contributed by atoms with E-state index in [0.29, 0.717) is 0 Å². The van der Waals surface area contributed by atoms with Gasteiger partial charge >= 0.3 is 0 Å². The highest BCUT2D eigenvalue weighted by Gasteiger charge is 2.44. The predicted octanol–water partition coefficient (Wildman–Crippen LogP) is -3.71. The van der Waals surface area contributed by atoms with Crippen molar-refractivity contribution in [3.05, 3.63) is 0 Å². The van der Waals surface area contributed by atoms with Crippen molar-refractivity contribution in [2.75, 3.05) is 13.2 Å². The van der Waals surface area contributed by atoms with Gasteiger partial charge in [0, 0.05) is 0 Å². The first-order valence-corrected chi connectivity index (χ1v) is 4.67. The van der Waals surface area contributed by atoms with Gasteiger partial charge in [-0.15, -0.1) is 0 Å².